The Balaban J connectivity index is 1.31. The molecule has 0 aliphatic heterocycles. The molecule has 6 heteroatoms. The molecule has 2 fully saturated rings. The topological polar surface area (TPSA) is 81.4 Å². The molecule has 3 aromatic rings. The normalized spacial score (nSPS) is 23.8. The summed E-state index contributed by atoms with van der Waals surface area (Å²) >= 11 is 0. The Morgan fingerprint density at radius 3 is 2.69 bits per heavy atom. The maximum atomic E-state index is 13.1. The molecule has 2 aromatic heterocycles. The second-order valence-electron chi connectivity index (χ2n) is 9.23. The van der Waals surface area contributed by atoms with Crippen molar-refractivity contribution in [2.24, 2.45) is 17.8 Å². The van der Waals surface area contributed by atoms with Crippen LogP contribution in [0.3, 0.4) is 0 Å². The van der Waals surface area contributed by atoms with E-state index < -0.39 is 12.1 Å². The Hall–Kier alpha value is -3.15. The Labute approximate surface area is 187 Å². The summed E-state index contributed by atoms with van der Waals surface area (Å²) in [6.45, 7) is 3.70. The van der Waals surface area contributed by atoms with Crippen molar-refractivity contribution in [1.29, 1.82) is 0 Å². The Bertz CT molecular complexity index is 1140. The number of nitrogens with one attached hydrogen (secondary N) is 1. The van der Waals surface area contributed by atoms with E-state index in [1.165, 1.54) is 25.7 Å². The third-order valence-corrected chi connectivity index (χ3v) is 7.17. The lowest BCUT2D eigenvalue weighted by molar-refractivity contribution is -0.130. The van der Waals surface area contributed by atoms with E-state index in [4.69, 9.17) is 9.15 Å². The molecule has 2 saturated carbocycles. The van der Waals surface area contributed by atoms with Crippen molar-refractivity contribution in [3.05, 3.63) is 54.3 Å². The van der Waals surface area contributed by atoms with Gasteiger partial charge in [0.2, 0.25) is 0 Å². The number of pyridine rings is 1. The maximum absolute atomic E-state index is 13.1. The summed E-state index contributed by atoms with van der Waals surface area (Å²) in [4.78, 5) is 30.5. The molecule has 0 radical (unpaired) electrons. The summed E-state index contributed by atoms with van der Waals surface area (Å²) in [6.07, 6.45) is 5.76. The van der Waals surface area contributed by atoms with Crippen LogP contribution in [0.1, 0.15) is 49.9 Å². The number of carbonyl (C=O) groups excluding carboxylic acids is 2. The first kappa shape index (κ1) is 20.7. The van der Waals surface area contributed by atoms with Gasteiger partial charge in [-0.05, 0) is 75.1 Å². The van der Waals surface area contributed by atoms with Gasteiger partial charge in [-0.3, -0.25) is 4.79 Å². The third-order valence-electron chi connectivity index (χ3n) is 7.17. The standard InChI is InChI=1S/C26H28N2O4/c1-15(20-13-17-9-10-18(20)12-17)27-25(29)16(2)32-26(30)21-14-23(24-8-5-11-31-24)28-22-7-4-3-6-19(21)22/h3-8,11,14-18,20H,9-10,12-13H2,1-2H3,(H,27,29)/t15-,16-,17-,18-,20-/m0/s1. The molecule has 6 nitrogen and oxygen atoms in total. The maximum Gasteiger partial charge on any atom is 0.339 e. The highest BCUT2D eigenvalue weighted by molar-refractivity contribution is 6.05. The summed E-state index contributed by atoms with van der Waals surface area (Å²) < 4.78 is 11.1. The lowest BCUT2D eigenvalue weighted by Crippen LogP contribution is -2.45. The van der Waals surface area contributed by atoms with Crippen LogP contribution in [-0.2, 0) is 9.53 Å². The molecule has 1 N–H and O–H groups in total. The number of ether oxygens (including phenoxy) is 1. The van der Waals surface area contributed by atoms with Crippen molar-refractivity contribution in [2.45, 2.75) is 51.7 Å². The fourth-order valence-corrected chi connectivity index (χ4v) is 5.53. The lowest BCUT2D eigenvalue weighted by Gasteiger charge is -2.29. The molecule has 2 aliphatic carbocycles. The SMILES string of the molecule is C[C@H](OC(=O)c1cc(-c2ccco2)nc2ccccc12)C(=O)N[C@@H](C)[C@@H]1C[C@H]2CC[C@H]1C2. The van der Waals surface area contributed by atoms with Crippen LogP contribution in [0.2, 0.25) is 0 Å². The zero-order valence-electron chi connectivity index (χ0n) is 18.4. The van der Waals surface area contributed by atoms with Crippen LogP contribution in [0.15, 0.2) is 53.1 Å². The van der Waals surface area contributed by atoms with E-state index in [-0.39, 0.29) is 11.9 Å². The van der Waals surface area contributed by atoms with Gasteiger partial charge < -0.3 is 14.5 Å². The largest absolute Gasteiger partial charge is 0.463 e. The molecule has 2 heterocycles. The van der Waals surface area contributed by atoms with Gasteiger partial charge in [0.05, 0.1) is 17.3 Å². The minimum Gasteiger partial charge on any atom is -0.463 e. The lowest BCUT2D eigenvalue weighted by atomic mass is 9.84. The van der Waals surface area contributed by atoms with Crippen molar-refractivity contribution >= 4 is 22.8 Å². The summed E-state index contributed by atoms with van der Waals surface area (Å²) in [7, 11) is 0. The van der Waals surface area contributed by atoms with E-state index in [0.717, 1.165) is 11.8 Å². The highest BCUT2D eigenvalue weighted by atomic mass is 16.5. The zero-order chi connectivity index (χ0) is 22.2. The summed E-state index contributed by atoms with van der Waals surface area (Å²) in [6, 6.07) is 12.7. The number of aromatic nitrogens is 1. The number of hydrogen-bond acceptors (Lipinski definition) is 5. The Morgan fingerprint density at radius 1 is 1.12 bits per heavy atom. The third kappa shape index (κ3) is 3.90. The highest BCUT2D eigenvalue weighted by Crippen LogP contribution is 2.49. The van der Waals surface area contributed by atoms with E-state index >= 15 is 0 Å². The van der Waals surface area contributed by atoms with Crippen LogP contribution in [0.5, 0.6) is 0 Å². The van der Waals surface area contributed by atoms with Gasteiger partial charge in [-0.1, -0.05) is 24.6 Å². The van der Waals surface area contributed by atoms with E-state index in [2.05, 4.69) is 17.2 Å². The average Bonchev–Trinajstić information content (AvgIpc) is 3.56. The smallest absolute Gasteiger partial charge is 0.339 e. The Kier molecular flexibility index (Phi) is 5.45. The first-order valence-electron chi connectivity index (χ1n) is 11.4. The van der Waals surface area contributed by atoms with Crippen LogP contribution in [0, 0.1) is 17.8 Å². The van der Waals surface area contributed by atoms with Gasteiger partial charge in [-0.15, -0.1) is 0 Å². The van der Waals surface area contributed by atoms with E-state index in [0.29, 0.717) is 33.8 Å². The van der Waals surface area contributed by atoms with Crippen LogP contribution in [-0.4, -0.2) is 29.0 Å². The molecule has 0 spiro atoms. The van der Waals surface area contributed by atoms with Gasteiger partial charge >= 0.3 is 5.97 Å². The molecule has 0 unspecified atom stereocenters. The molecular weight excluding hydrogens is 404 g/mol. The van der Waals surface area contributed by atoms with Gasteiger partial charge in [-0.2, -0.15) is 0 Å². The quantitative estimate of drug-likeness (QED) is 0.556. The molecule has 5 rings (SSSR count). The van der Waals surface area contributed by atoms with Crippen molar-refractivity contribution < 1.29 is 18.7 Å². The molecule has 2 bridgehead atoms. The Morgan fingerprint density at radius 2 is 1.97 bits per heavy atom. The monoisotopic (exact) mass is 432 g/mol. The molecule has 2 aliphatic rings. The minimum atomic E-state index is -0.887. The number of esters is 1. The van der Waals surface area contributed by atoms with Gasteiger partial charge in [-0.25, -0.2) is 9.78 Å². The number of rotatable bonds is 6. The van der Waals surface area contributed by atoms with Crippen LogP contribution < -0.4 is 5.32 Å². The fraction of sp³-hybridized carbons (Fsp3) is 0.423. The molecule has 32 heavy (non-hydrogen) atoms. The van der Waals surface area contributed by atoms with Crippen LogP contribution in [0.4, 0.5) is 0 Å². The number of hydrogen-bond donors (Lipinski definition) is 1. The van der Waals surface area contributed by atoms with Gasteiger partial charge in [0, 0.05) is 11.4 Å². The number of furan rings is 1. The number of carbonyl (C=O) groups is 2. The molecule has 1 amide bonds. The number of benzene rings is 1. The molecule has 1 aromatic carbocycles. The predicted octanol–water partition coefficient (Wildman–Crippen LogP) is 4.98. The van der Waals surface area contributed by atoms with Crippen LogP contribution in [0.25, 0.3) is 22.4 Å². The highest BCUT2D eigenvalue weighted by Gasteiger charge is 2.42. The summed E-state index contributed by atoms with van der Waals surface area (Å²) in [5, 5.41) is 3.77. The number of fused-ring (bicyclic) bond motifs is 3. The van der Waals surface area contributed by atoms with Gasteiger partial charge in [0.1, 0.15) is 5.69 Å². The van der Waals surface area contributed by atoms with Crippen LogP contribution >= 0.6 is 0 Å². The average molecular weight is 433 g/mol. The first-order chi connectivity index (χ1) is 15.5. The summed E-state index contributed by atoms with van der Waals surface area (Å²) in [5.74, 6) is 1.83. The number of amides is 1. The summed E-state index contributed by atoms with van der Waals surface area (Å²) in [5.41, 5.74) is 1.57. The molecule has 0 saturated heterocycles. The van der Waals surface area contributed by atoms with E-state index in [9.17, 15) is 9.59 Å². The first-order valence-corrected chi connectivity index (χ1v) is 11.4. The zero-order valence-corrected chi connectivity index (χ0v) is 18.4. The van der Waals surface area contributed by atoms with Crippen molar-refractivity contribution in [3.63, 3.8) is 0 Å². The molecular formula is C26H28N2O4. The van der Waals surface area contributed by atoms with Gasteiger partial charge in [0.15, 0.2) is 11.9 Å². The second-order valence-corrected chi connectivity index (χ2v) is 9.23. The minimum absolute atomic E-state index is 0.0891. The second kappa shape index (κ2) is 8.41. The molecule has 5 atom stereocenters. The fourth-order valence-electron chi connectivity index (χ4n) is 5.53. The molecule has 166 valence electrons. The number of para-hydroxylation sites is 1. The van der Waals surface area contributed by atoms with E-state index in [1.54, 1.807) is 31.4 Å². The van der Waals surface area contributed by atoms with E-state index in [1.807, 2.05) is 24.3 Å². The van der Waals surface area contributed by atoms with Crippen molar-refractivity contribution in [2.75, 3.05) is 0 Å². The van der Waals surface area contributed by atoms with Crippen molar-refractivity contribution in [1.82, 2.24) is 10.3 Å². The van der Waals surface area contributed by atoms with Gasteiger partial charge in [0.25, 0.3) is 5.91 Å². The predicted molar refractivity (Wildman–Crippen MR) is 121 cm³/mol. The van der Waals surface area contributed by atoms with Crippen molar-refractivity contribution in [3.8, 4) is 11.5 Å². The number of nitrogens with zero attached hydrogens (tertiary/aromatic N) is 1.